The Labute approximate surface area is 57.6 Å². The molecule has 0 radical (unpaired) electrons. The minimum atomic E-state index is 0.458. The van der Waals surface area contributed by atoms with Crippen molar-refractivity contribution in [1.82, 2.24) is 0 Å². The largest absolute Gasteiger partial charge is 0.327 e. The summed E-state index contributed by atoms with van der Waals surface area (Å²) in [6, 6.07) is 0.458. The molecule has 0 saturated heterocycles. The summed E-state index contributed by atoms with van der Waals surface area (Å²) in [5.74, 6) is 2.32. The van der Waals surface area contributed by atoms with Crippen LogP contribution in [-0.4, -0.2) is 6.04 Å². The molecule has 2 N–H and O–H groups in total. The lowest BCUT2D eigenvalue weighted by Gasteiger charge is -2.14. The summed E-state index contributed by atoms with van der Waals surface area (Å²) in [6.45, 7) is 6.82. The molecular formula is C8H17N. The molecule has 1 nitrogen and oxygen atoms in total. The number of hydrogen-bond donors (Lipinski definition) is 1. The molecule has 0 bridgehead atoms. The van der Waals surface area contributed by atoms with Crippen molar-refractivity contribution in [2.75, 3.05) is 0 Å². The molecule has 1 rings (SSSR count). The Morgan fingerprint density at radius 3 is 1.78 bits per heavy atom. The lowest BCUT2D eigenvalue weighted by Crippen LogP contribution is -2.29. The molecule has 0 aromatic heterocycles. The summed E-state index contributed by atoms with van der Waals surface area (Å²) < 4.78 is 0. The highest BCUT2D eigenvalue weighted by Crippen LogP contribution is 2.34. The molecule has 1 heteroatoms. The quantitative estimate of drug-likeness (QED) is 0.526. The van der Waals surface area contributed by atoms with Crippen molar-refractivity contribution in [3.8, 4) is 0 Å². The van der Waals surface area contributed by atoms with Gasteiger partial charge in [0, 0.05) is 6.04 Å². The Morgan fingerprint density at radius 2 is 1.67 bits per heavy atom. The normalized spacial score (nSPS) is 52.0. The fourth-order valence-corrected chi connectivity index (χ4v) is 1.86. The van der Waals surface area contributed by atoms with Crippen LogP contribution in [0, 0.1) is 17.8 Å². The number of rotatable bonds is 0. The van der Waals surface area contributed by atoms with Crippen molar-refractivity contribution >= 4 is 0 Å². The second-order valence-electron chi connectivity index (χ2n) is 3.63. The van der Waals surface area contributed by atoms with Gasteiger partial charge in [0.25, 0.3) is 0 Å². The van der Waals surface area contributed by atoms with Crippen LogP contribution in [-0.2, 0) is 0 Å². The van der Waals surface area contributed by atoms with Crippen LogP contribution in [0.3, 0.4) is 0 Å². The van der Waals surface area contributed by atoms with Gasteiger partial charge in [-0.15, -0.1) is 0 Å². The topological polar surface area (TPSA) is 26.0 Å². The van der Waals surface area contributed by atoms with E-state index in [2.05, 4.69) is 20.8 Å². The summed E-state index contributed by atoms with van der Waals surface area (Å²) in [6.07, 6.45) is 1.32. The summed E-state index contributed by atoms with van der Waals surface area (Å²) in [5.41, 5.74) is 5.91. The average Bonchev–Trinajstić information content (AvgIpc) is 1.98. The van der Waals surface area contributed by atoms with Crippen molar-refractivity contribution in [1.29, 1.82) is 0 Å². The Bertz CT molecular complexity index is 88.7. The first-order valence-corrected chi connectivity index (χ1v) is 3.88. The Kier molecular flexibility index (Phi) is 1.80. The van der Waals surface area contributed by atoms with E-state index < -0.39 is 0 Å². The predicted molar refractivity (Wildman–Crippen MR) is 40.1 cm³/mol. The molecule has 54 valence electrons. The van der Waals surface area contributed by atoms with Gasteiger partial charge in [0.1, 0.15) is 0 Å². The fourth-order valence-electron chi connectivity index (χ4n) is 1.86. The molecule has 0 aromatic rings. The lowest BCUT2D eigenvalue weighted by atomic mass is 9.98. The third kappa shape index (κ3) is 1.11. The van der Waals surface area contributed by atoms with Gasteiger partial charge in [-0.25, -0.2) is 0 Å². The van der Waals surface area contributed by atoms with Crippen molar-refractivity contribution < 1.29 is 0 Å². The molecule has 1 saturated carbocycles. The third-order valence-electron chi connectivity index (χ3n) is 2.91. The molecule has 0 spiro atoms. The minimum absolute atomic E-state index is 0.458. The van der Waals surface area contributed by atoms with Gasteiger partial charge in [-0.2, -0.15) is 0 Å². The summed E-state index contributed by atoms with van der Waals surface area (Å²) in [5, 5.41) is 0. The van der Waals surface area contributed by atoms with E-state index in [1.165, 1.54) is 6.42 Å². The number of nitrogens with two attached hydrogens (primary N) is 1. The standard InChI is InChI=1S/C8H17N/c1-5-4-6(2)8(9)7(5)3/h5-8H,4,9H2,1-3H3. The zero-order valence-corrected chi connectivity index (χ0v) is 6.59. The van der Waals surface area contributed by atoms with Gasteiger partial charge in [-0.3, -0.25) is 0 Å². The zero-order valence-electron chi connectivity index (χ0n) is 6.59. The van der Waals surface area contributed by atoms with Gasteiger partial charge in [0.05, 0.1) is 0 Å². The summed E-state index contributed by atoms with van der Waals surface area (Å²) >= 11 is 0. The van der Waals surface area contributed by atoms with E-state index in [1.54, 1.807) is 0 Å². The molecule has 1 aliphatic rings. The first-order valence-electron chi connectivity index (χ1n) is 3.88. The second kappa shape index (κ2) is 2.30. The first kappa shape index (κ1) is 7.07. The molecule has 0 aliphatic heterocycles. The average molecular weight is 127 g/mol. The first-order chi connectivity index (χ1) is 4.13. The van der Waals surface area contributed by atoms with Crippen LogP contribution in [0.4, 0.5) is 0 Å². The van der Waals surface area contributed by atoms with E-state index in [0.717, 1.165) is 17.8 Å². The minimum Gasteiger partial charge on any atom is -0.327 e. The van der Waals surface area contributed by atoms with Crippen LogP contribution in [0.5, 0.6) is 0 Å². The van der Waals surface area contributed by atoms with Gasteiger partial charge in [-0.05, 0) is 24.2 Å². The molecule has 0 heterocycles. The van der Waals surface area contributed by atoms with Gasteiger partial charge in [0.2, 0.25) is 0 Å². The zero-order chi connectivity index (χ0) is 7.02. The van der Waals surface area contributed by atoms with Crippen LogP contribution in [0.15, 0.2) is 0 Å². The SMILES string of the molecule is CC1CC(C)C(N)C1C. The van der Waals surface area contributed by atoms with Crippen molar-refractivity contribution in [2.24, 2.45) is 23.5 Å². The fraction of sp³-hybridized carbons (Fsp3) is 1.00. The van der Waals surface area contributed by atoms with E-state index >= 15 is 0 Å². The van der Waals surface area contributed by atoms with E-state index in [0.29, 0.717) is 6.04 Å². The molecule has 1 aliphatic carbocycles. The third-order valence-corrected chi connectivity index (χ3v) is 2.91. The molecule has 0 amide bonds. The molecule has 4 unspecified atom stereocenters. The van der Waals surface area contributed by atoms with Crippen LogP contribution < -0.4 is 5.73 Å². The highest BCUT2D eigenvalue weighted by atomic mass is 14.7. The van der Waals surface area contributed by atoms with Crippen LogP contribution in [0.2, 0.25) is 0 Å². The van der Waals surface area contributed by atoms with E-state index in [-0.39, 0.29) is 0 Å². The maximum Gasteiger partial charge on any atom is 0.00930 e. The Morgan fingerprint density at radius 1 is 1.11 bits per heavy atom. The highest BCUT2D eigenvalue weighted by Gasteiger charge is 2.32. The number of hydrogen-bond acceptors (Lipinski definition) is 1. The molecule has 9 heavy (non-hydrogen) atoms. The molecule has 4 atom stereocenters. The van der Waals surface area contributed by atoms with Crippen LogP contribution in [0.25, 0.3) is 0 Å². The second-order valence-corrected chi connectivity index (χ2v) is 3.63. The van der Waals surface area contributed by atoms with E-state index in [1.807, 2.05) is 0 Å². The van der Waals surface area contributed by atoms with E-state index in [4.69, 9.17) is 5.73 Å². The monoisotopic (exact) mass is 127 g/mol. The van der Waals surface area contributed by atoms with Gasteiger partial charge in [0.15, 0.2) is 0 Å². The highest BCUT2D eigenvalue weighted by molar-refractivity contribution is 4.86. The predicted octanol–water partition coefficient (Wildman–Crippen LogP) is 1.63. The van der Waals surface area contributed by atoms with Crippen molar-refractivity contribution in [3.63, 3.8) is 0 Å². The summed E-state index contributed by atoms with van der Waals surface area (Å²) in [7, 11) is 0. The Hall–Kier alpha value is -0.0400. The van der Waals surface area contributed by atoms with Crippen LogP contribution in [0.1, 0.15) is 27.2 Å². The molecular weight excluding hydrogens is 110 g/mol. The molecule has 1 fully saturated rings. The lowest BCUT2D eigenvalue weighted by molar-refractivity contribution is 0.412. The van der Waals surface area contributed by atoms with Gasteiger partial charge in [-0.1, -0.05) is 20.8 Å². The van der Waals surface area contributed by atoms with Crippen LogP contribution >= 0.6 is 0 Å². The van der Waals surface area contributed by atoms with E-state index in [9.17, 15) is 0 Å². The smallest absolute Gasteiger partial charge is 0.00930 e. The van der Waals surface area contributed by atoms with Crippen molar-refractivity contribution in [2.45, 2.75) is 33.2 Å². The van der Waals surface area contributed by atoms with Gasteiger partial charge < -0.3 is 5.73 Å². The maximum absolute atomic E-state index is 5.91. The molecule has 0 aromatic carbocycles. The van der Waals surface area contributed by atoms with Crippen molar-refractivity contribution in [3.05, 3.63) is 0 Å². The summed E-state index contributed by atoms with van der Waals surface area (Å²) in [4.78, 5) is 0. The Balaban J connectivity index is 2.54. The van der Waals surface area contributed by atoms with Gasteiger partial charge >= 0.3 is 0 Å². The maximum atomic E-state index is 5.91.